The van der Waals surface area contributed by atoms with Crippen molar-refractivity contribution in [3.63, 3.8) is 0 Å². The van der Waals surface area contributed by atoms with Crippen molar-refractivity contribution < 1.29 is 9.47 Å². The topological polar surface area (TPSA) is 30.5 Å². The zero-order valence-corrected chi connectivity index (χ0v) is 19.4. The second kappa shape index (κ2) is 12.1. The second-order valence-corrected chi connectivity index (χ2v) is 7.77. The zero-order chi connectivity index (χ0) is 20.6. The van der Waals surface area contributed by atoms with Gasteiger partial charge in [0, 0.05) is 16.6 Å². The molecule has 3 rings (SSSR count). The first kappa shape index (κ1) is 24.4. The van der Waals surface area contributed by atoms with E-state index in [1.165, 1.54) is 5.56 Å². The van der Waals surface area contributed by atoms with Crippen LogP contribution in [0.25, 0.3) is 0 Å². The summed E-state index contributed by atoms with van der Waals surface area (Å²) in [4.78, 5) is 0. The largest absolute Gasteiger partial charge is 0.493 e. The van der Waals surface area contributed by atoms with Crippen molar-refractivity contribution in [1.82, 2.24) is 5.32 Å². The fourth-order valence-corrected chi connectivity index (χ4v) is 3.59. The molecule has 3 aromatic carbocycles. The molecule has 1 N–H and O–H groups in total. The van der Waals surface area contributed by atoms with Crippen LogP contribution in [-0.2, 0) is 19.6 Å². The molecule has 0 aromatic heterocycles. The standard InChI is InChI=1S/C24H25Cl2NO2.ClH/c1-17-4-3-5-19(12-17)16-29-23-9-6-18(13-24(23)28-2)15-27-11-10-20-7-8-21(25)14-22(20)26;/h3-9,12-14,27H,10-11,15-16H2,1-2H3;1H. The highest BCUT2D eigenvalue weighted by atomic mass is 35.5. The lowest BCUT2D eigenvalue weighted by atomic mass is 10.1. The van der Waals surface area contributed by atoms with Crippen LogP contribution in [0.1, 0.15) is 22.3 Å². The van der Waals surface area contributed by atoms with Crippen molar-refractivity contribution >= 4 is 35.6 Å². The number of nitrogens with one attached hydrogen (secondary N) is 1. The van der Waals surface area contributed by atoms with Crippen molar-refractivity contribution in [1.29, 1.82) is 0 Å². The molecule has 0 fully saturated rings. The van der Waals surface area contributed by atoms with Gasteiger partial charge in [0.05, 0.1) is 7.11 Å². The van der Waals surface area contributed by atoms with Crippen molar-refractivity contribution in [2.24, 2.45) is 0 Å². The van der Waals surface area contributed by atoms with E-state index < -0.39 is 0 Å². The number of ether oxygens (including phenoxy) is 2. The van der Waals surface area contributed by atoms with Crippen molar-refractivity contribution in [3.8, 4) is 11.5 Å². The lowest BCUT2D eigenvalue weighted by molar-refractivity contribution is 0.284. The third-order valence-electron chi connectivity index (χ3n) is 4.62. The average Bonchev–Trinajstić information content (AvgIpc) is 2.71. The molecule has 0 heterocycles. The molecule has 0 aliphatic rings. The van der Waals surface area contributed by atoms with Crippen LogP contribution >= 0.6 is 35.6 Å². The van der Waals surface area contributed by atoms with Gasteiger partial charge in [-0.1, -0.05) is 65.2 Å². The molecule has 6 heteroatoms. The van der Waals surface area contributed by atoms with E-state index >= 15 is 0 Å². The summed E-state index contributed by atoms with van der Waals surface area (Å²) < 4.78 is 11.5. The summed E-state index contributed by atoms with van der Waals surface area (Å²) >= 11 is 12.2. The molecule has 0 bridgehead atoms. The Kier molecular flexibility index (Phi) is 9.80. The Hall–Kier alpha value is -1.91. The highest BCUT2D eigenvalue weighted by molar-refractivity contribution is 6.35. The predicted octanol–water partition coefficient (Wildman–Crippen LogP) is 6.64. The van der Waals surface area contributed by atoms with Crippen LogP contribution in [0.4, 0.5) is 0 Å². The molecular weight excluding hydrogens is 441 g/mol. The van der Waals surface area contributed by atoms with E-state index in [0.29, 0.717) is 16.7 Å². The number of methoxy groups -OCH3 is 1. The summed E-state index contributed by atoms with van der Waals surface area (Å²) in [5, 5.41) is 4.80. The molecule has 3 aromatic rings. The Morgan fingerprint density at radius 3 is 2.47 bits per heavy atom. The first-order chi connectivity index (χ1) is 14.0. The SMILES string of the molecule is COc1cc(CNCCc2ccc(Cl)cc2Cl)ccc1OCc1cccc(C)c1.Cl. The first-order valence-electron chi connectivity index (χ1n) is 9.55. The number of hydrogen-bond acceptors (Lipinski definition) is 3. The number of hydrogen-bond donors (Lipinski definition) is 1. The summed E-state index contributed by atoms with van der Waals surface area (Å²) in [5.41, 5.74) is 4.58. The molecule has 0 saturated heterocycles. The van der Waals surface area contributed by atoms with Crippen LogP contribution in [0.5, 0.6) is 11.5 Å². The predicted molar refractivity (Wildman–Crippen MR) is 128 cm³/mol. The van der Waals surface area contributed by atoms with Crippen molar-refractivity contribution in [2.45, 2.75) is 26.5 Å². The lowest BCUT2D eigenvalue weighted by Crippen LogP contribution is -2.16. The highest BCUT2D eigenvalue weighted by Crippen LogP contribution is 2.29. The Morgan fingerprint density at radius 2 is 1.73 bits per heavy atom. The van der Waals surface area contributed by atoms with Crippen LogP contribution in [0.2, 0.25) is 10.0 Å². The fraction of sp³-hybridized carbons (Fsp3) is 0.250. The van der Waals surface area contributed by atoms with Crippen LogP contribution in [0.3, 0.4) is 0 Å². The number of aryl methyl sites for hydroxylation is 1. The maximum Gasteiger partial charge on any atom is 0.161 e. The highest BCUT2D eigenvalue weighted by Gasteiger charge is 2.07. The van der Waals surface area contributed by atoms with E-state index in [4.69, 9.17) is 32.7 Å². The van der Waals surface area contributed by atoms with Crippen LogP contribution in [0.15, 0.2) is 60.7 Å². The van der Waals surface area contributed by atoms with Gasteiger partial charge in [0.25, 0.3) is 0 Å². The van der Waals surface area contributed by atoms with Gasteiger partial charge in [-0.25, -0.2) is 0 Å². The Balaban J connectivity index is 0.00000320. The van der Waals surface area contributed by atoms with E-state index in [2.05, 4.69) is 36.5 Å². The van der Waals surface area contributed by atoms with Gasteiger partial charge in [-0.15, -0.1) is 12.4 Å². The minimum atomic E-state index is 0. The smallest absolute Gasteiger partial charge is 0.161 e. The molecule has 160 valence electrons. The van der Waals surface area contributed by atoms with Gasteiger partial charge in [0.2, 0.25) is 0 Å². The van der Waals surface area contributed by atoms with E-state index in [9.17, 15) is 0 Å². The molecule has 0 radical (unpaired) electrons. The molecule has 0 unspecified atom stereocenters. The maximum absolute atomic E-state index is 6.22. The minimum absolute atomic E-state index is 0. The summed E-state index contributed by atoms with van der Waals surface area (Å²) in [6, 6.07) is 19.9. The van der Waals surface area contributed by atoms with Crippen molar-refractivity contribution in [3.05, 3.63) is 93.0 Å². The molecule has 0 saturated carbocycles. The van der Waals surface area contributed by atoms with Crippen LogP contribution < -0.4 is 14.8 Å². The average molecular weight is 467 g/mol. The van der Waals surface area contributed by atoms with E-state index in [-0.39, 0.29) is 12.4 Å². The molecule has 0 atom stereocenters. The summed E-state index contributed by atoms with van der Waals surface area (Å²) in [6.07, 6.45) is 0.838. The quantitative estimate of drug-likeness (QED) is 0.358. The molecule has 0 amide bonds. The van der Waals surface area contributed by atoms with Crippen LogP contribution in [0, 0.1) is 6.92 Å². The summed E-state index contributed by atoms with van der Waals surface area (Å²) in [5.74, 6) is 1.48. The van der Waals surface area contributed by atoms with E-state index in [1.54, 1.807) is 13.2 Å². The summed E-state index contributed by atoms with van der Waals surface area (Å²) in [6.45, 7) is 4.14. The third-order valence-corrected chi connectivity index (χ3v) is 5.21. The van der Waals surface area contributed by atoms with Gasteiger partial charge < -0.3 is 14.8 Å². The summed E-state index contributed by atoms with van der Waals surface area (Å²) in [7, 11) is 1.66. The van der Waals surface area contributed by atoms with Gasteiger partial charge in [0.1, 0.15) is 6.61 Å². The fourth-order valence-electron chi connectivity index (χ4n) is 3.08. The normalized spacial score (nSPS) is 10.4. The zero-order valence-electron chi connectivity index (χ0n) is 17.1. The van der Waals surface area contributed by atoms with Gasteiger partial charge >= 0.3 is 0 Å². The molecular formula is C24H26Cl3NO2. The molecule has 0 aliphatic heterocycles. The molecule has 0 spiro atoms. The van der Waals surface area contributed by atoms with Gasteiger partial charge in [-0.2, -0.15) is 0 Å². The molecule has 30 heavy (non-hydrogen) atoms. The first-order valence-corrected chi connectivity index (χ1v) is 10.3. The Morgan fingerprint density at radius 1 is 0.900 bits per heavy atom. The third kappa shape index (κ3) is 7.10. The monoisotopic (exact) mass is 465 g/mol. The minimum Gasteiger partial charge on any atom is -0.493 e. The van der Waals surface area contributed by atoms with Gasteiger partial charge in [-0.05, 0) is 60.8 Å². The Bertz CT molecular complexity index is 963. The van der Waals surface area contributed by atoms with Gasteiger partial charge in [-0.3, -0.25) is 0 Å². The van der Waals surface area contributed by atoms with E-state index in [0.717, 1.165) is 47.7 Å². The second-order valence-electron chi connectivity index (χ2n) is 6.93. The molecule has 0 aliphatic carbocycles. The van der Waals surface area contributed by atoms with Gasteiger partial charge in [0.15, 0.2) is 11.5 Å². The number of benzene rings is 3. The maximum atomic E-state index is 6.22. The van der Waals surface area contributed by atoms with E-state index in [1.807, 2.05) is 30.3 Å². The lowest BCUT2D eigenvalue weighted by Gasteiger charge is -2.13. The van der Waals surface area contributed by atoms with Crippen LogP contribution in [-0.4, -0.2) is 13.7 Å². The number of halogens is 3. The Labute approximate surface area is 194 Å². The van der Waals surface area contributed by atoms with Crippen molar-refractivity contribution in [2.75, 3.05) is 13.7 Å². The molecule has 3 nitrogen and oxygen atoms in total. The number of rotatable bonds is 9.